The van der Waals surface area contributed by atoms with Crippen LogP contribution in [-0.2, 0) is 0 Å². The first kappa shape index (κ1) is 12.3. The third-order valence-electron chi connectivity index (χ3n) is 5.05. The maximum absolute atomic E-state index is 9.65. The first-order valence-corrected chi connectivity index (χ1v) is 6.68. The molecule has 1 aliphatic rings. The summed E-state index contributed by atoms with van der Waals surface area (Å²) < 4.78 is 0. The Morgan fingerprint density at radius 2 is 1.79 bits per heavy atom. The Morgan fingerprint density at radius 3 is 2.42 bits per heavy atom. The summed E-state index contributed by atoms with van der Waals surface area (Å²) >= 11 is 0. The van der Waals surface area contributed by atoms with E-state index in [1.807, 2.05) is 18.3 Å². The standard InChI is InChI=1S/C16H20N2O/c1-15(2)14(16(15,3)4)18-13-12-9-11(19)6-5-10(12)7-8-17-13/h5-9,14,19H,1-4H3,(H,17,18). The Bertz CT molecular complexity index is 632. The lowest BCUT2D eigenvalue weighted by atomic mass is 10.0. The van der Waals surface area contributed by atoms with E-state index in [0.717, 1.165) is 16.6 Å². The van der Waals surface area contributed by atoms with Gasteiger partial charge in [-0.3, -0.25) is 0 Å². The lowest BCUT2D eigenvalue weighted by Crippen LogP contribution is -2.11. The van der Waals surface area contributed by atoms with Gasteiger partial charge in [-0.1, -0.05) is 33.8 Å². The Labute approximate surface area is 113 Å². The molecule has 0 saturated heterocycles. The van der Waals surface area contributed by atoms with E-state index in [9.17, 15) is 5.11 Å². The number of nitrogens with zero attached hydrogens (tertiary/aromatic N) is 1. The summed E-state index contributed by atoms with van der Waals surface area (Å²) in [6.45, 7) is 9.08. The highest BCUT2D eigenvalue weighted by Gasteiger charge is 2.65. The molecular weight excluding hydrogens is 236 g/mol. The molecule has 1 aromatic carbocycles. The minimum atomic E-state index is 0.258. The number of pyridine rings is 1. The molecule has 3 heteroatoms. The molecule has 0 bridgehead atoms. The van der Waals surface area contributed by atoms with Crippen LogP contribution in [0.25, 0.3) is 10.8 Å². The van der Waals surface area contributed by atoms with Gasteiger partial charge in [0.1, 0.15) is 11.6 Å². The molecular formula is C16H20N2O. The van der Waals surface area contributed by atoms with E-state index < -0.39 is 0 Å². The normalized spacial score (nSPS) is 20.4. The van der Waals surface area contributed by atoms with Crippen LogP contribution in [0.5, 0.6) is 5.75 Å². The van der Waals surface area contributed by atoms with E-state index in [1.165, 1.54) is 0 Å². The van der Waals surface area contributed by atoms with Crippen LogP contribution in [0.4, 0.5) is 5.82 Å². The molecule has 0 atom stereocenters. The summed E-state index contributed by atoms with van der Waals surface area (Å²) in [4.78, 5) is 4.44. The quantitative estimate of drug-likeness (QED) is 0.859. The number of nitrogens with one attached hydrogen (secondary N) is 1. The fourth-order valence-corrected chi connectivity index (χ4v) is 2.97. The number of fused-ring (bicyclic) bond motifs is 1. The number of rotatable bonds is 2. The number of phenols is 1. The maximum Gasteiger partial charge on any atom is 0.134 e. The van der Waals surface area contributed by atoms with Crippen molar-refractivity contribution < 1.29 is 5.11 Å². The summed E-state index contributed by atoms with van der Waals surface area (Å²) in [5, 5.41) is 15.3. The van der Waals surface area contributed by atoms with Crippen molar-refractivity contribution in [1.82, 2.24) is 4.98 Å². The van der Waals surface area contributed by atoms with Gasteiger partial charge in [0.05, 0.1) is 0 Å². The van der Waals surface area contributed by atoms with E-state index in [-0.39, 0.29) is 16.6 Å². The van der Waals surface area contributed by atoms with Crippen molar-refractivity contribution in [1.29, 1.82) is 0 Å². The molecule has 1 aliphatic carbocycles. The number of hydrogen-bond donors (Lipinski definition) is 2. The van der Waals surface area contributed by atoms with Crippen LogP contribution in [0, 0.1) is 10.8 Å². The third-order valence-corrected chi connectivity index (χ3v) is 5.05. The molecule has 1 fully saturated rings. The number of phenolic OH excluding ortho intramolecular Hbond substituents is 1. The van der Waals surface area contributed by atoms with Crippen molar-refractivity contribution in [2.45, 2.75) is 33.7 Å². The van der Waals surface area contributed by atoms with Gasteiger partial charge in [-0.05, 0) is 34.4 Å². The Morgan fingerprint density at radius 1 is 1.11 bits per heavy atom. The number of anilines is 1. The second-order valence-electron chi connectivity index (χ2n) is 6.59. The van der Waals surface area contributed by atoms with E-state index in [1.54, 1.807) is 12.1 Å². The first-order chi connectivity index (χ1) is 8.84. The van der Waals surface area contributed by atoms with E-state index in [2.05, 4.69) is 38.0 Å². The van der Waals surface area contributed by atoms with Gasteiger partial charge >= 0.3 is 0 Å². The topological polar surface area (TPSA) is 45.2 Å². The molecule has 2 aromatic rings. The number of benzene rings is 1. The van der Waals surface area contributed by atoms with Crippen LogP contribution in [-0.4, -0.2) is 16.1 Å². The molecule has 1 saturated carbocycles. The summed E-state index contributed by atoms with van der Waals surface area (Å²) in [6.07, 6.45) is 1.81. The SMILES string of the molecule is CC1(C)C(Nc2nccc3ccc(O)cc23)C1(C)C. The minimum Gasteiger partial charge on any atom is -0.508 e. The molecule has 0 aliphatic heterocycles. The monoisotopic (exact) mass is 256 g/mol. The zero-order valence-electron chi connectivity index (χ0n) is 11.9. The van der Waals surface area contributed by atoms with Gasteiger partial charge in [-0.15, -0.1) is 0 Å². The zero-order chi connectivity index (χ0) is 13.8. The molecule has 1 aromatic heterocycles. The van der Waals surface area contributed by atoms with Crippen molar-refractivity contribution in [3.05, 3.63) is 30.5 Å². The molecule has 100 valence electrons. The van der Waals surface area contributed by atoms with E-state index in [0.29, 0.717) is 6.04 Å². The van der Waals surface area contributed by atoms with Gasteiger partial charge in [0, 0.05) is 17.6 Å². The molecule has 0 radical (unpaired) electrons. The lowest BCUT2D eigenvalue weighted by molar-refractivity contribution is 0.457. The lowest BCUT2D eigenvalue weighted by Gasteiger charge is -2.10. The second kappa shape index (κ2) is 3.62. The summed E-state index contributed by atoms with van der Waals surface area (Å²) in [5.74, 6) is 1.13. The number of hydrogen-bond acceptors (Lipinski definition) is 3. The molecule has 19 heavy (non-hydrogen) atoms. The highest BCUT2D eigenvalue weighted by Crippen LogP contribution is 2.63. The van der Waals surface area contributed by atoms with Crippen molar-refractivity contribution in [3.8, 4) is 5.75 Å². The Hall–Kier alpha value is -1.77. The predicted octanol–water partition coefficient (Wildman–Crippen LogP) is 3.79. The van der Waals surface area contributed by atoms with Gasteiger partial charge in [0.15, 0.2) is 0 Å². The van der Waals surface area contributed by atoms with Gasteiger partial charge in [-0.25, -0.2) is 4.98 Å². The Balaban J connectivity index is 2.01. The number of aromatic nitrogens is 1. The fraction of sp³-hybridized carbons (Fsp3) is 0.438. The number of aromatic hydroxyl groups is 1. The molecule has 0 amide bonds. The molecule has 1 heterocycles. The van der Waals surface area contributed by atoms with Crippen molar-refractivity contribution in [2.24, 2.45) is 10.8 Å². The molecule has 2 N–H and O–H groups in total. The second-order valence-corrected chi connectivity index (χ2v) is 6.59. The molecule has 3 rings (SSSR count). The highest BCUT2D eigenvalue weighted by molar-refractivity contribution is 5.93. The summed E-state index contributed by atoms with van der Waals surface area (Å²) in [5.41, 5.74) is 0.515. The van der Waals surface area contributed by atoms with Crippen LogP contribution < -0.4 is 5.32 Å². The fourth-order valence-electron chi connectivity index (χ4n) is 2.97. The van der Waals surface area contributed by atoms with Crippen molar-refractivity contribution in [2.75, 3.05) is 5.32 Å². The third kappa shape index (κ3) is 1.68. The average molecular weight is 256 g/mol. The van der Waals surface area contributed by atoms with Crippen LogP contribution >= 0.6 is 0 Å². The van der Waals surface area contributed by atoms with Crippen molar-refractivity contribution >= 4 is 16.6 Å². The largest absolute Gasteiger partial charge is 0.508 e. The highest BCUT2D eigenvalue weighted by atomic mass is 16.3. The van der Waals surface area contributed by atoms with Gasteiger partial charge < -0.3 is 10.4 Å². The van der Waals surface area contributed by atoms with Crippen LogP contribution in [0.1, 0.15) is 27.7 Å². The van der Waals surface area contributed by atoms with E-state index in [4.69, 9.17) is 0 Å². The average Bonchev–Trinajstić information content (AvgIpc) is 2.72. The van der Waals surface area contributed by atoms with Gasteiger partial charge in [-0.2, -0.15) is 0 Å². The van der Waals surface area contributed by atoms with Crippen molar-refractivity contribution in [3.63, 3.8) is 0 Å². The minimum absolute atomic E-state index is 0.258. The first-order valence-electron chi connectivity index (χ1n) is 6.68. The van der Waals surface area contributed by atoms with Crippen LogP contribution in [0.2, 0.25) is 0 Å². The zero-order valence-corrected chi connectivity index (χ0v) is 11.9. The molecule has 3 nitrogen and oxygen atoms in total. The van der Waals surface area contributed by atoms with Gasteiger partial charge in [0.2, 0.25) is 0 Å². The van der Waals surface area contributed by atoms with Crippen LogP contribution in [0.15, 0.2) is 30.5 Å². The summed E-state index contributed by atoms with van der Waals surface area (Å²) in [6, 6.07) is 7.76. The Kier molecular flexibility index (Phi) is 2.34. The smallest absolute Gasteiger partial charge is 0.134 e. The van der Waals surface area contributed by atoms with Gasteiger partial charge in [0.25, 0.3) is 0 Å². The predicted molar refractivity (Wildman–Crippen MR) is 78.4 cm³/mol. The van der Waals surface area contributed by atoms with Crippen LogP contribution in [0.3, 0.4) is 0 Å². The maximum atomic E-state index is 9.65. The molecule has 0 spiro atoms. The summed E-state index contributed by atoms with van der Waals surface area (Å²) in [7, 11) is 0. The molecule has 0 unspecified atom stereocenters. The van der Waals surface area contributed by atoms with E-state index >= 15 is 0 Å².